The van der Waals surface area contributed by atoms with Crippen LogP contribution in [0.15, 0.2) is 24.3 Å². The molecule has 0 saturated heterocycles. The van der Waals surface area contributed by atoms with Gasteiger partial charge in [0.25, 0.3) is 0 Å². The Morgan fingerprint density at radius 3 is 2.87 bits per heavy atom. The number of hydrogen-bond donors (Lipinski definition) is 1. The van der Waals surface area contributed by atoms with Crippen molar-refractivity contribution in [1.82, 2.24) is 0 Å². The molecule has 1 aromatic rings. The SMILES string of the molecule is CCOc1ccc(/C=C/C(=O)O)cc1F. The summed E-state index contributed by atoms with van der Waals surface area (Å²) in [4.78, 5) is 10.2. The fourth-order valence-corrected chi connectivity index (χ4v) is 1.06. The minimum atomic E-state index is -1.07. The van der Waals surface area contributed by atoms with Gasteiger partial charge in [-0.1, -0.05) is 6.07 Å². The second-order valence-electron chi connectivity index (χ2n) is 2.79. The van der Waals surface area contributed by atoms with E-state index < -0.39 is 11.8 Å². The fraction of sp³-hybridized carbons (Fsp3) is 0.182. The lowest BCUT2D eigenvalue weighted by Gasteiger charge is -2.04. The van der Waals surface area contributed by atoms with Crippen LogP contribution in [0.4, 0.5) is 4.39 Å². The van der Waals surface area contributed by atoms with E-state index in [1.165, 1.54) is 18.2 Å². The van der Waals surface area contributed by atoms with E-state index in [0.717, 1.165) is 6.08 Å². The molecular weight excluding hydrogens is 199 g/mol. The van der Waals surface area contributed by atoms with Crippen LogP contribution in [0.1, 0.15) is 12.5 Å². The van der Waals surface area contributed by atoms with E-state index in [1.807, 2.05) is 0 Å². The topological polar surface area (TPSA) is 46.5 Å². The third kappa shape index (κ3) is 3.42. The first kappa shape index (κ1) is 11.2. The van der Waals surface area contributed by atoms with Crippen molar-refractivity contribution in [3.05, 3.63) is 35.7 Å². The van der Waals surface area contributed by atoms with Gasteiger partial charge in [-0.3, -0.25) is 0 Å². The molecule has 0 bridgehead atoms. The molecule has 0 unspecified atom stereocenters. The standard InChI is InChI=1S/C11H11FO3/c1-2-15-10-5-3-8(7-9(10)12)4-6-11(13)14/h3-7H,2H2,1H3,(H,13,14)/b6-4+. The number of rotatable bonds is 4. The van der Waals surface area contributed by atoms with Crippen LogP contribution in [0, 0.1) is 5.82 Å². The molecule has 0 fully saturated rings. The molecule has 0 saturated carbocycles. The molecule has 15 heavy (non-hydrogen) atoms. The van der Waals surface area contributed by atoms with Gasteiger partial charge in [0.15, 0.2) is 11.6 Å². The van der Waals surface area contributed by atoms with Crippen LogP contribution in [0.3, 0.4) is 0 Å². The van der Waals surface area contributed by atoms with Crippen LogP contribution in [0.25, 0.3) is 6.08 Å². The third-order valence-corrected chi connectivity index (χ3v) is 1.67. The zero-order valence-corrected chi connectivity index (χ0v) is 8.24. The maximum absolute atomic E-state index is 13.3. The molecule has 1 N–H and O–H groups in total. The molecule has 0 aliphatic carbocycles. The summed E-state index contributed by atoms with van der Waals surface area (Å²) in [5, 5.41) is 8.38. The Balaban J connectivity index is 2.86. The summed E-state index contributed by atoms with van der Waals surface area (Å²) in [7, 11) is 0. The third-order valence-electron chi connectivity index (χ3n) is 1.67. The Hall–Kier alpha value is -1.84. The van der Waals surface area contributed by atoms with Gasteiger partial charge in [0.05, 0.1) is 6.61 Å². The van der Waals surface area contributed by atoms with E-state index in [2.05, 4.69) is 0 Å². The Morgan fingerprint density at radius 1 is 1.60 bits per heavy atom. The monoisotopic (exact) mass is 210 g/mol. The van der Waals surface area contributed by atoms with Gasteiger partial charge < -0.3 is 9.84 Å². The van der Waals surface area contributed by atoms with Crippen LogP contribution in [0.5, 0.6) is 5.75 Å². The van der Waals surface area contributed by atoms with Gasteiger partial charge in [-0.05, 0) is 30.7 Å². The summed E-state index contributed by atoms with van der Waals surface area (Å²) in [5.41, 5.74) is 0.485. The summed E-state index contributed by atoms with van der Waals surface area (Å²) in [6.45, 7) is 2.15. The summed E-state index contributed by atoms with van der Waals surface area (Å²) in [6.07, 6.45) is 2.27. The predicted octanol–water partition coefficient (Wildman–Crippen LogP) is 2.32. The summed E-state index contributed by atoms with van der Waals surface area (Å²) in [5.74, 6) is -1.39. The first-order valence-electron chi connectivity index (χ1n) is 4.47. The van der Waals surface area contributed by atoms with Crippen molar-refractivity contribution >= 4 is 12.0 Å². The number of hydrogen-bond acceptors (Lipinski definition) is 2. The highest BCUT2D eigenvalue weighted by Gasteiger charge is 2.02. The number of benzene rings is 1. The molecular formula is C11H11FO3. The van der Waals surface area contributed by atoms with Gasteiger partial charge in [0.1, 0.15) is 0 Å². The van der Waals surface area contributed by atoms with Crippen molar-refractivity contribution in [2.45, 2.75) is 6.92 Å². The largest absolute Gasteiger partial charge is 0.491 e. The van der Waals surface area contributed by atoms with E-state index in [9.17, 15) is 9.18 Å². The Morgan fingerprint density at radius 2 is 2.33 bits per heavy atom. The number of halogens is 1. The normalized spacial score (nSPS) is 10.5. The quantitative estimate of drug-likeness (QED) is 0.776. The van der Waals surface area contributed by atoms with Crippen molar-refractivity contribution in [2.24, 2.45) is 0 Å². The van der Waals surface area contributed by atoms with Crippen molar-refractivity contribution in [2.75, 3.05) is 6.61 Å². The van der Waals surface area contributed by atoms with Crippen molar-refractivity contribution in [3.8, 4) is 5.75 Å². The molecule has 1 rings (SSSR count). The molecule has 0 aromatic heterocycles. The van der Waals surface area contributed by atoms with Crippen molar-refractivity contribution < 1.29 is 19.0 Å². The predicted molar refractivity (Wildman–Crippen MR) is 54.2 cm³/mol. The lowest BCUT2D eigenvalue weighted by atomic mass is 10.2. The van der Waals surface area contributed by atoms with Crippen LogP contribution < -0.4 is 4.74 Å². The van der Waals surface area contributed by atoms with Gasteiger partial charge in [0.2, 0.25) is 0 Å². The first-order valence-corrected chi connectivity index (χ1v) is 4.47. The molecule has 0 amide bonds. The second kappa shape index (κ2) is 5.14. The zero-order valence-electron chi connectivity index (χ0n) is 8.24. The molecule has 3 nitrogen and oxygen atoms in total. The van der Waals surface area contributed by atoms with Crippen molar-refractivity contribution in [3.63, 3.8) is 0 Å². The van der Waals surface area contributed by atoms with E-state index in [4.69, 9.17) is 9.84 Å². The molecule has 0 aliphatic rings. The highest BCUT2D eigenvalue weighted by Crippen LogP contribution is 2.18. The smallest absolute Gasteiger partial charge is 0.328 e. The summed E-state index contributed by atoms with van der Waals surface area (Å²) in [6, 6.07) is 4.29. The minimum absolute atomic E-state index is 0.171. The molecule has 80 valence electrons. The van der Waals surface area contributed by atoms with E-state index in [0.29, 0.717) is 12.2 Å². The van der Waals surface area contributed by atoms with Crippen LogP contribution in [-0.4, -0.2) is 17.7 Å². The maximum atomic E-state index is 13.3. The van der Waals surface area contributed by atoms with E-state index >= 15 is 0 Å². The van der Waals surface area contributed by atoms with Gasteiger partial charge in [-0.2, -0.15) is 0 Å². The summed E-state index contributed by atoms with van der Waals surface area (Å²) < 4.78 is 18.3. The molecule has 0 radical (unpaired) electrons. The zero-order chi connectivity index (χ0) is 11.3. The maximum Gasteiger partial charge on any atom is 0.328 e. The molecule has 0 aliphatic heterocycles. The summed E-state index contributed by atoms with van der Waals surface area (Å²) >= 11 is 0. The molecule has 4 heteroatoms. The van der Waals surface area contributed by atoms with E-state index in [-0.39, 0.29) is 5.75 Å². The Kier molecular flexibility index (Phi) is 3.85. The Labute approximate surface area is 86.8 Å². The van der Waals surface area contributed by atoms with Crippen LogP contribution in [0.2, 0.25) is 0 Å². The number of carbonyl (C=O) groups is 1. The molecule has 0 heterocycles. The second-order valence-corrected chi connectivity index (χ2v) is 2.79. The van der Waals surface area contributed by atoms with Gasteiger partial charge in [-0.25, -0.2) is 9.18 Å². The lowest BCUT2D eigenvalue weighted by Crippen LogP contribution is -1.94. The number of ether oxygens (including phenoxy) is 1. The van der Waals surface area contributed by atoms with E-state index in [1.54, 1.807) is 13.0 Å². The van der Waals surface area contributed by atoms with Gasteiger partial charge >= 0.3 is 5.97 Å². The average molecular weight is 210 g/mol. The molecule has 0 atom stereocenters. The molecule has 0 spiro atoms. The van der Waals surface area contributed by atoms with Crippen molar-refractivity contribution in [1.29, 1.82) is 0 Å². The fourth-order valence-electron chi connectivity index (χ4n) is 1.06. The highest BCUT2D eigenvalue weighted by atomic mass is 19.1. The number of carboxylic acids is 1. The average Bonchev–Trinajstić information content (AvgIpc) is 2.19. The highest BCUT2D eigenvalue weighted by molar-refractivity contribution is 5.85. The molecule has 1 aromatic carbocycles. The van der Waals surface area contributed by atoms with Gasteiger partial charge in [-0.15, -0.1) is 0 Å². The number of aliphatic carboxylic acids is 1. The first-order chi connectivity index (χ1) is 7.13. The van der Waals surface area contributed by atoms with Crippen LogP contribution in [-0.2, 0) is 4.79 Å². The Bertz CT molecular complexity index is 385. The number of carboxylic acid groups (broad SMARTS) is 1. The van der Waals surface area contributed by atoms with Gasteiger partial charge in [0, 0.05) is 6.08 Å². The minimum Gasteiger partial charge on any atom is -0.491 e. The van der Waals surface area contributed by atoms with Crippen LogP contribution >= 0.6 is 0 Å². The lowest BCUT2D eigenvalue weighted by molar-refractivity contribution is -0.131.